The number of nitrogens with two attached hydrogens (primary N) is 1. The number of pyridine rings is 1. The van der Waals surface area contributed by atoms with E-state index in [0.29, 0.717) is 55.4 Å². The first kappa shape index (κ1) is 21.4. The van der Waals surface area contributed by atoms with Crippen molar-refractivity contribution in [1.82, 2.24) is 20.0 Å². The second-order valence-corrected chi connectivity index (χ2v) is 7.09. The molecule has 3 aromatic rings. The lowest BCUT2D eigenvalue weighted by Crippen LogP contribution is -2.24. The van der Waals surface area contributed by atoms with Crippen molar-refractivity contribution in [2.24, 2.45) is 0 Å². The molecule has 2 heterocycles. The van der Waals surface area contributed by atoms with Gasteiger partial charge in [-0.2, -0.15) is 0 Å². The first-order chi connectivity index (χ1) is 14.4. The maximum absolute atomic E-state index is 10.5. The lowest BCUT2D eigenvalue weighted by Gasteiger charge is -2.16. The number of ether oxygens (including phenoxy) is 2. The first-order valence-electron chi connectivity index (χ1n) is 9.95. The zero-order valence-electron chi connectivity index (χ0n) is 17.4. The second kappa shape index (κ2) is 9.49. The normalized spacial score (nSPS) is 11.3. The van der Waals surface area contributed by atoms with Crippen molar-refractivity contribution in [3.63, 3.8) is 0 Å². The van der Waals surface area contributed by atoms with Crippen LogP contribution in [0.3, 0.4) is 0 Å². The van der Waals surface area contributed by atoms with Gasteiger partial charge in [0.25, 0.3) is 0 Å². The predicted octanol–water partition coefficient (Wildman–Crippen LogP) is 2.69. The number of nitrogen functional groups attached to an aromatic ring is 1. The van der Waals surface area contributed by atoms with Crippen molar-refractivity contribution >= 4 is 33.8 Å². The van der Waals surface area contributed by atoms with Crippen LogP contribution >= 0.6 is 0 Å². The fraction of sp³-hybridized carbons (Fsp3) is 0.450. The highest BCUT2D eigenvalue weighted by atomic mass is 16.5. The van der Waals surface area contributed by atoms with E-state index in [0.717, 1.165) is 16.7 Å². The van der Waals surface area contributed by atoms with Gasteiger partial charge in [-0.3, -0.25) is 0 Å². The molecule has 0 bridgehead atoms. The molecule has 10 heteroatoms. The molecule has 0 saturated heterocycles. The van der Waals surface area contributed by atoms with E-state index in [1.165, 1.54) is 0 Å². The van der Waals surface area contributed by atoms with Crippen LogP contribution in [0.25, 0.3) is 21.9 Å². The summed E-state index contributed by atoms with van der Waals surface area (Å²) in [5, 5.41) is 11.8. The molecular formula is C20H28N6O4. The summed E-state index contributed by atoms with van der Waals surface area (Å²) in [6, 6.07) is 5.79. The van der Waals surface area contributed by atoms with Crippen LogP contribution in [-0.2, 0) is 11.3 Å². The highest BCUT2D eigenvalue weighted by Gasteiger charge is 2.18. The Morgan fingerprint density at radius 3 is 2.83 bits per heavy atom. The van der Waals surface area contributed by atoms with Gasteiger partial charge in [-0.25, -0.2) is 19.4 Å². The van der Waals surface area contributed by atoms with Crippen LogP contribution in [0.4, 0.5) is 10.6 Å². The molecule has 0 aliphatic heterocycles. The molecule has 0 radical (unpaired) electrons. The number of rotatable bonds is 10. The average Bonchev–Trinajstić information content (AvgIpc) is 3.04. The molecule has 0 fully saturated rings. The molecule has 3 rings (SSSR count). The van der Waals surface area contributed by atoms with E-state index in [-0.39, 0.29) is 6.04 Å². The Balaban J connectivity index is 1.94. The number of fused-ring (bicyclic) bond motifs is 3. The van der Waals surface area contributed by atoms with Gasteiger partial charge in [0.1, 0.15) is 23.4 Å². The SMILES string of the molecule is CCOCc1nc2c(N)nc3cc(OCCCNC(=O)O)ccc3c2n1NC(C)C. The molecule has 0 aliphatic rings. The number of anilines is 1. The predicted molar refractivity (Wildman–Crippen MR) is 115 cm³/mol. The maximum Gasteiger partial charge on any atom is 0.404 e. The highest BCUT2D eigenvalue weighted by molar-refractivity contribution is 6.07. The number of benzene rings is 1. The number of hydrogen-bond acceptors (Lipinski definition) is 7. The van der Waals surface area contributed by atoms with Crippen molar-refractivity contribution in [2.75, 3.05) is 30.9 Å². The van der Waals surface area contributed by atoms with Crippen LogP contribution in [-0.4, -0.2) is 51.6 Å². The number of hydrogen-bond donors (Lipinski definition) is 4. The number of imidazole rings is 1. The Morgan fingerprint density at radius 1 is 1.33 bits per heavy atom. The van der Waals surface area contributed by atoms with Crippen LogP contribution in [0, 0.1) is 0 Å². The Hall–Kier alpha value is -3.27. The molecule has 0 aliphatic carbocycles. The van der Waals surface area contributed by atoms with Crippen molar-refractivity contribution in [2.45, 2.75) is 39.8 Å². The van der Waals surface area contributed by atoms with Gasteiger partial charge in [-0.05, 0) is 39.3 Å². The Bertz CT molecular complexity index is 1030. The zero-order chi connectivity index (χ0) is 21.7. The molecule has 0 spiro atoms. The number of nitrogens with zero attached hydrogens (tertiary/aromatic N) is 3. The molecule has 2 aromatic heterocycles. The number of amides is 1. The van der Waals surface area contributed by atoms with E-state index in [4.69, 9.17) is 20.3 Å². The van der Waals surface area contributed by atoms with Crippen LogP contribution < -0.4 is 21.2 Å². The third-order valence-electron chi connectivity index (χ3n) is 4.34. The van der Waals surface area contributed by atoms with Gasteiger partial charge in [0, 0.05) is 30.6 Å². The summed E-state index contributed by atoms with van der Waals surface area (Å²) in [5.41, 5.74) is 11.8. The third kappa shape index (κ3) is 4.82. The lowest BCUT2D eigenvalue weighted by molar-refractivity contribution is 0.127. The minimum atomic E-state index is -1.04. The van der Waals surface area contributed by atoms with Crippen molar-refractivity contribution < 1.29 is 19.4 Å². The van der Waals surface area contributed by atoms with Crippen LogP contribution in [0.5, 0.6) is 5.75 Å². The Kier molecular flexibility index (Phi) is 6.78. The summed E-state index contributed by atoms with van der Waals surface area (Å²) >= 11 is 0. The summed E-state index contributed by atoms with van der Waals surface area (Å²) in [4.78, 5) is 19.7. The van der Waals surface area contributed by atoms with Gasteiger partial charge in [0.15, 0.2) is 11.6 Å². The second-order valence-electron chi connectivity index (χ2n) is 7.09. The molecule has 162 valence electrons. The minimum absolute atomic E-state index is 0.175. The molecule has 5 N–H and O–H groups in total. The average molecular weight is 416 g/mol. The first-order valence-corrected chi connectivity index (χ1v) is 9.95. The van der Waals surface area contributed by atoms with Crippen LogP contribution in [0.15, 0.2) is 18.2 Å². The van der Waals surface area contributed by atoms with Gasteiger partial charge >= 0.3 is 6.09 Å². The van der Waals surface area contributed by atoms with E-state index in [2.05, 4.69) is 20.7 Å². The molecule has 1 aromatic carbocycles. The number of carbonyl (C=O) groups is 1. The number of carboxylic acid groups (broad SMARTS) is 1. The lowest BCUT2D eigenvalue weighted by atomic mass is 10.2. The third-order valence-corrected chi connectivity index (χ3v) is 4.34. The highest BCUT2D eigenvalue weighted by Crippen LogP contribution is 2.30. The van der Waals surface area contributed by atoms with E-state index >= 15 is 0 Å². The van der Waals surface area contributed by atoms with Gasteiger partial charge in [-0.1, -0.05) is 0 Å². The van der Waals surface area contributed by atoms with E-state index < -0.39 is 6.09 Å². The monoisotopic (exact) mass is 416 g/mol. The molecule has 30 heavy (non-hydrogen) atoms. The smallest absolute Gasteiger partial charge is 0.404 e. The van der Waals surface area contributed by atoms with Gasteiger partial charge in [-0.15, -0.1) is 0 Å². The summed E-state index contributed by atoms with van der Waals surface area (Å²) in [5.74, 6) is 1.71. The van der Waals surface area contributed by atoms with Crippen molar-refractivity contribution in [1.29, 1.82) is 0 Å². The number of nitrogens with one attached hydrogen (secondary N) is 2. The quantitative estimate of drug-likeness (QED) is 0.370. The Morgan fingerprint density at radius 2 is 2.13 bits per heavy atom. The maximum atomic E-state index is 10.5. The fourth-order valence-electron chi connectivity index (χ4n) is 3.12. The topological polar surface area (TPSA) is 137 Å². The van der Waals surface area contributed by atoms with Crippen molar-refractivity contribution in [3.05, 3.63) is 24.0 Å². The van der Waals surface area contributed by atoms with Crippen molar-refractivity contribution in [3.8, 4) is 5.75 Å². The molecule has 0 atom stereocenters. The summed E-state index contributed by atoms with van der Waals surface area (Å²) in [6.07, 6.45) is -0.482. The Labute approximate surface area is 174 Å². The van der Waals surface area contributed by atoms with E-state index in [1.54, 1.807) is 0 Å². The van der Waals surface area contributed by atoms with Gasteiger partial charge < -0.3 is 31.1 Å². The molecule has 1 amide bonds. The molecule has 10 nitrogen and oxygen atoms in total. The molecular weight excluding hydrogens is 388 g/mol. The van der Waals surface area contributed by atoms with Crippen LogP contribution in [0.1, 0.15) is 33.0 Å². The summed E-state index contributed by atoms with van der Waals surface area (Å²) in [7, 11) is 0. The van der Waals surface area contributed by atoms with E-state index in [9.17, 15) is 4.79 Å². The molecule has 0 saturated carbocycles. The summed E-state index contributed by atoms with van der Waals surface area (Å²) < 4.78 is 13.2. The standard InChI is InChI=1S/C20H28N6O4/c1-4-29-11-16-24-17-18(26(16)25-12(2)3)14-7-6-13(10-15(14)23-19(17)21)30-9-5-8-22-20(27)28/h6-7,10,12,22,25H,4-5,8-9,11H2,1-3H3,(H2,21,23)(H,27,28). The van der Waals surface area contributed by atoms with Gasteiger partial charge in [0.05, 0.1) is 12.1 Å². The summed E-state index contributed by atoms with van der Waals surface area (Å²) in [6.45, 7) is 7.70. The molecule has 0 unspecified atom stereocenters. The van der Waals surface area contributed by atoms with Crippen LogP contribution in [0.2, 0.25) is 0 Å². The largest absolute Gasteiger partial charge is 0.493 e. The minimum Gasteiger partial charge on any atom is -0.493 e. The fourth-order valence-corrected chi connectivity index (χ4v) is 3.12. The van der Waals surface area contributed by atoms with E-state index in [1.807, 2.05) is 43.6 Å². The van der Waals surface area contributed by atoms with Gasteiger partial charge in [0.2, 0.25) is 0 Å². The zero-order valence-corrected chi connectivity index (χ0v) is 17.4. The number of aromatic nitrogens is 3.